The summed E-state index contributed by atoms with van der Waals surface area (Å²) >= 11 is 7.04. The van der Waals surface area contributed by atoms with Crippen LogP contribution in [-0.2, 0) is 10.7 Å². The van der Waals surface area contributed by atoms with Crippen molar-refractivity contribution in [1.82, 2.24) is 0 Å². The predicted molar refractivity (Wildman–Crippen MR) is 75.8 cm³/mol. The largest absolute Gasteiger partial charge is 0.496 e. The van der Waals surface area contributed by atoms with Gasteiger partial charge in [-0.1, -0.05) is 56.1 Å². The lowest BCUT2D eigenvalue weighted by Crippen LogP contribution is -1.94. The molecule has 2 rings (SSSR count). The molecule has 0 aromatic heterocycles. The van der Waals surface area contributed by atoms with Gasteiger partial charge in [-0.15, -0.1) is 0 Å². The number of ether oxygens (including phenoxy) is 1. The van der Waals surface area contributed by atoms with Gasteiger partial charge in [0, 0.05) is 21.6 Å². The molecule has 0 N–H and O–H groups in total. The second-order valence-electron chi connectivity index (χ2n) is 3.54. The van der Waals surface area contributed by atoms with Gasteiger partial charge in [0.2, 0.25) is 0 Å². The third kappa shape index (κ3) is 1.98. The van der Waals surface area contributed by atoms with E-state index in [-0.39, 0.29) is 0 Å². The molecular formula is C13H12Br2O. The molecule has 0 fully saturated rings. The Hall–Kier alpha value is -0.540. The molecule has 0 saturated heterocycles. The van der Waals surface area contributed by atoms with Gasteiger partial charge in [-0.3, -0.25) is 0 Å². The summed E-state index contributed by atoms with van der Waals surface area (Å²) in [7, 11) is 1.72. The SMILES string of the molecule is COc1c(CBr)cc(CBr)c2ccccc12. The number of hydrogen-bond donors (Lipinski definition) is 0. The Labute approximate surface area is 112 Å². The zero-order chi connectivity index (χ0) is 11.5. The Morgan fingerprint density at radius 1 is 1.00 bits per heavy atom. The van der Waals surface area contributed by atoms with E-state index < -0.39 is 0 Å². The molecule has 3 heteroatoms. The minimum Gasteiger partial charge on any atom is -0.496 e. The molecule has 0 saturated carbocycles. The van der Waals surface area contributed by atoms with Gasteiger partial charge in [-0.25, -0.2) is 0 Å². The van der Waals surface area contributed by atoms with Gasteiger partial charge in [0.1, 0.15) is 5.75 Å². The molecule has 0 spiro atoms. The zero-order valence-electron chi connectivity index (χ0n) is 8.97. The molecule has 0 atom stereocenters. The first-order valence-electron chi connectivity index (χ1n) is 5.01. The Kier molecular flexibility index (Phi) is 3.87. The maximum Gasteiger partial charge on any atom is 0.130 e. The smallest absolute Gasteiger partial charge is 0.130 e. The number of methoxy groups -OCH3 is 1. The number of hydrogen-bond acceptors (Lipinski definition) is 1. The summed E-state index contributed by atoms with van der Waals surface area (Å²) in [4.78, 5) is 0. The van der Waals surface area contributed by atoms with Gasteiger partial charge in [-0.2, -0.15) is 0 Å². The van der Waals surface area contributed by atoms with E-state index in [0.29, 0.717) is 0 Å². The van der Waals surface area contributed by atoms with Gasteiger partial charge in [0.15, 0.2) is 0 Å². The Bertz CT molecular complexity index is 509. The number of fused-ring (bicyclic) bond motifs is 1. The van der Waals surface area contributed by atoms with Crippen molar-refractivity contribution in [3.8, 4) is 5.75 Å². The molecule has 0 aliphatic rings. The summed E-state index contributed by atoms with van der Waals surface area (Å²) in [5.41, 5.74) is 2.49. The number of benzene rings is 2. The van der Waals surface area contributed by atoms with E-state index in [4.69, 9.17) is 4.74 Å². The first kappa shape index (κ1) is 11.9. The molecule has 2 aromatic rings. The summed E-state index contributed by atoms with van der Waals surface area (Å²) in [6, 6.07) is 10.5. The highest BCUT2D eigenvalue weighted by atomic mass is 79.9. The third-order valence-corrected chi connectivity index (χ3v) is 3.86. The molecule has 0 unspecified atom stereocenters. The first-order chi connectivity index (χ1) is 7.81. The fourth-order valence-electron chi connectivity index (χ4n) is 1.94. The maximum absolute atomic E-state index is 5.50. The number of halogens is 2. The third-order valence-electron chi connectivity index (χ3n) is 2.65. The highest BCUT2D eigenvalue weighted by Gasteiger charge is 2.10. The fourth-order valence-corrected chi connectivity index (χ4v) is 2.82. The molecule has 1 nitrogen and oxygen atoms in total. The van der Waals surface area contributed by atoms with Crippen LogP contribution in [0.25, 0.3) is 10.8 Å². The van der Waals surface area contributed by atoms with Crippen molar-refractivity contribution in [2.24, 2.45) is 0 Å². The van der Waals surface area contributed by atoms with Crippen molar-refractivity contribution in [2.45, 2.75) is 10.7 Å². The standard InChI is InChI=1S/C13H12Br2O/c1-16-13-10(8-15)6-9(7-14)11-4-2-3-5-12(11)13/h2-6H,7-8H2,1H3. The van der Waals surface area contributed by atoms with Crippen LogP contribution in [0.15, 0.2) is 30.3 Å². The minimum absolute atomic E-state index is 0.807. The molecule has 0 amide bonds. The van der Waals surface area contributed by atoms with Crippen molar-refractivity contribution in [2.75, 3.05) is 7.11 Å². The van der Waals surface area contributed by atoms with E-state index in [1.54, 1.807) is 7.11 Å². The predicted octanol–water partition coefficient (Wildman–Crippen LogP) is 4.64. The van der Waals surface area contributed by atoms with Gasteiger partial charge >= 0.3 is 0 Å². The van der Waals surface area contributed by atoms with Crippen LogP contribution in [-0.4, -0.2) is 7.11 Å². The fraction of sp³-hybridized carbons (Fsp3) is 0.231. The van der Waals surface area contributed by atoms with E-state index in [0.717, 1.165) is 16.4 Å². The Morgan fingerprint density at radius 3 is 2.19 bits per heavy atom. The van der Waals surface area contributed by atoms with Crippen LogP contribution in [0.5, 0.6) is 5.75 Å². The summed E-state index contributed by atoms with van der Waals surface area (Å²) in [5.74, 6) is 0.970. The quantitative estimate of drug-likeness (QED) is 0.738. The lowest BCUT2D eigenvalue weighted by molar-refractivity contribution is 0.416. The van der Waals surface area contributed by atoms with Crippen LogP contribution in [0.2, 0.25) is 0 Å². The zero-order valence-corrected chi connectivity index (χ0v) is 12.1. The van der Waals surface area contributed by atoms with Crippen molar-refractivity contribution < 1.29 is 4.74 Å². The summed E-state index contributed by atoms with van der Waals surface area (Å²) in [6.07, 6.45) is 0. The molecule has 84 valence electrons. The van der Waals surface area contributed by atoms with Crippen LogP contribution < -0.4 is 4.74 Å². The van der Waals surface area contributed by atoms with E-state index in [1.165, 1.54) is 21.9 Å². The first-order valence-corrected chi connectivity index (χ1v) is 7.25. The normalized spacial score (nSPS) is 10.7. The van der Waals surface area contributed by atoms with Gasteiger partial charge in [0.25, 0.3) is 0 Å². The highest BCUT2D eigenvalue weighted by molar-refractivity contribution is 9.08. The number of alkyl halides is 2. The minimum atomic E-state index is 0.807. The van der Waals surface area contributed by atoms with E-state index >= 15 is 0 Å². The monoisotopic (exact) mass is 342 g/mol. The molecule has 0 radical (unpaired) electrons. The summed E-state index contributed by atoms with van der Waals surface area (Å²) < 4.78 is 5.50. The van der Waals surface area contributed by atoms with Gasteiger partial charge in [0.05, 0.1) is 7.11 Å². The lowest BCUT2D eigenvalue weighted by atomic mass is 10.0. The molecule has 2 aromatic carbocycles. The van der Waals surface area contributed by atoms with E-state index in [2.05, 4.69) is 56.1 Å². The van der Waals surface area contributed by atoms with E-state index in [9.17, 15) is 0 Å². The highest BCUT2D eigenvalue weighted by Crippen LogP contribution is 2.34. The molecule has 0 aliphatic heterocycles. The van der Waals surface area contributed by atoms with Crippen molar-refractivity contribution >= 4 is 42.6 Å². The van der Waals surface area contributed by atoms with Crippen molar-refractivity contribution in [3.05, 3.63) is 41.5 Å². The summed E-state index contributed by atoms with van der Waals surface area (Å²) in [6.45, 7) is 0. The second kappa shape index (κ2) is 5.19. The van der Waals surface area contributed by atoms with Crippen LogP contribution in [0, 0.1) is 0 Å². The topological polar surface area (TPSA) is 9.23 Å². The van der Waals surface area contributed by atoms with Crippen LogP contribution in [0.3, 0.4) is 0 Å². The molecule has 16 heavy (non-hydrogen) atoms. The Morgan fingerprint density at radius 2 is 1.62 bits per heavy atom. The van der Waals surface area contributed by atoms with Gasteiger partial charge in [-0.05, 0) is 17.0 Å². The maximum atomic E-state index is 5.50. The van der Waals surface area contributed by atoms with Crippen LogP contribution in [0.1, 0.15) is 11.1 Å². The van der Waals surface area contributed by atoms with Crippen molar-refractivity contribution in [1.29, 1.82) is 0 Å². The van der Waals surface area contributed by atoms with Crippen molar-refractivity contribution in [3.63, 3.8) is 0 Å². The summed E-state index contributed by atoms with van der Waals surface area (Å²) in [5, 5.41) is 4.09. The average Bonchev–Trinajstić information content (AvgIpc) is 2.36. The average molecular weight is 344 g/mol. The number of rotatable bonds is 3. The molecule has 0 heterocycles. The lowest BCUT2D eigenvalue weighted by Gasteiger charge is -2.13. The second-order valence-corrected chi connectivity index (χ2v) is 4.66. The van der Waals surface area contributed by atoms with Crippen LogP contribution in [0.4, 0.5) is 0 Å². The van der Waals surface area contributed by atoms with E-state index in [1.807, 2.05) is 6.07 Å². The molecule has 0 bridgehead atoms. The molecular weight excluding hydrogens is 332 g/mol. The Balaban J connectivity index is 2.83. The van der Waals surface area contributed by atoms with Crippen LogP contribution >= 0.6 is 31.9 Å². The molecule has 0 aliphatic carbocycles. The van der Waals surface area contributed by atoms with Gasteiger partial charge < -0.3 is 4.74 Å².